The highest BCUT2D eigenvalue weighted by Gasteiger charge is 2.23. The molecule has 3 rings (SSSR count). The molecule has 2 heterocycles. The second kappa shape index (κ2) is 7.83. The fraction of sp³-hybridized carbons (Fsp3) is 0.389. The lowest BCUT2D eigenvalue weighted by Gasteiger charge is -2.14. The van der Waals surface area contributed by atoms with E-state index in [4.69, 9.17) is 4.74 Å². The summed E-state index contributed by atoms with van der Waals surface area (Å²) in [6.45, 7) is -0.727. The van der Waals surface area contributed by atoms with Crippen LogP contribution in [0.5, 0.6) is 11.5 Å². The molecule has 0 radical (unpaired) electrons. The van der Waals surface area contributed by atoms with E-state index in [9.17, 15) is 18.4 Å². The normalized spacial score (nSPS) is 11.4. The number of aryl methyl sites for hydroxylation is 2. The zero-order chi connectivity index (χ0) is 20.4. The number of nitrogens with zero attached hydrogens (tertiary/aromatic N) is 3. The number of H-pyrrole nitrogens is 1. The molecule has 0 spiro atoms. The number of alkyl halides is 2. The molecule has 0 aliphatic heterocycles. The molecule has 0 saturated heterocycles. The minimum Gasteiger partial charge on any atom is -0.493 e. The van der Waals surface area contributed by atoms with Crippen molar-refractivity contribution in [3.63, 3.8) is 0 Å². The molecule has 0 saturated carbocycles. The molecule has 10 heteroatoms. The van der Waals surface area contributed by atoms with Crippen molar-refractivity contribution in [1.29, 1.82) is 0 Å². The number of hydrogen-bond acceptors (Lipinski definition) is 5. The van der Waals surface area contributed by atoms with Gasteiger partial charge in [-0.2, -0.15) is 8.78 Å². The Balaban J connectivity index is 2.31. The number of rotatable bonds is 7. The number of methoxy groups -OCH3 is 1. The summed E-state index contributed by atoms with van der Waals surface area (Å²) < 4.78 is 38.5. The Morgan fingerprint density at radius 2 is 2.04 bits per heavy atom. The van der Waals surface area contributed by atoms with Gasteiger partial charge in [0.1, 0.15) is 5.82 Å². The van der Waals surface area contributed by atoms with Crippen molar-refractivity contribution in [2.24, 2.45) is 7.05 Å². The second-order valence-electron chi connectivity index (χ2n) is 6.15. The molecule has 0 bridgehead atoms. The average molecular weight is 394 g/mol. The van der Waals surface area contributed by atoms with Gasteiger partial charge in [-0.1, -0.05) is 19.4 Å². The third kappa shape index (κ3) is 3.37. The highest BCUT2D eigenvalue weighted by molar-refractivity contribution is 5.79. The van der Waals surface area contributed by atoms with Crippen LogP contribution in [-0.4, -0.2) is 32.8 Å². The Labute approximate surface area is 158 Å². The van der Waals surface area contributed by atoms with Gasteiger partial charge in [-0.15, -0.1) is 0 Å². The lowest BCUT2D eigenvalue weighted by atomic mass is 10.1. The zero-order valence-corrected chi connectivity index (χ0v) is 15.7. The van der Waals surface area contributed by atoms with E-state index in [1.165, 1.54) is 28.4 Å². The van der Waals surface area contributed by atoms with Crippen LogP contribution in [0.3, 0.4) is 0 Å². The zero-order valence-electron chi connectivity index (χ0n) is 15.7. The van der Waals surface area contributed by atoms with Gasteiger partial charge < -0.3 is 14.0 Å². The maximum atomic E-state index is 13.0. The van der Waals surface area contributed by atoms with Gasteiger partial charge in [-0.25, -0.2) is 9.78 Å². The maximum absolute atomic E-state index is 13.0. The summed E-state index contributed by atoms with van der Waals surface area (Å²) in [6.07, 6.45) is 1.56. The lowest BCUT2D eigenvalue weighted by molar-refractivity contribution is -0.0508. The highest BCUT2D eigenvalue weighted by atomic mass is 19.3. The highest BCUT2D eigenvalue weighted by Crippen LogP contribution is 2.39. The summed E-state index contributed by atoms with van der Waals surface area (Å²) in [5, 5.41) is 0. The molecule has 0 amide bonds. The summed E-state index contributed by atoms with van der Waals surface area (Å²) >= 11 is 0. The number of imidazole rings is 1. The van der Waals surface area contributed by atoms with Crippen LogP contribution in [0.1, 0.15) is 19.8 Å². The minimum atomic E-state index is -3.07. The molecule has 0 aliphatic carbocycles. The van der Waals surface area contributed by atoms with E-state index in [0.29, 0.717) is 13.0 Å². The van der Waals surface area contributed by atoms with E-state index >= 15 is 0 Å². The Hall–Kier alpha value is -3.17. The standard InChI is InChI=1S/C18H20F2N4O4/c1-4-5-9-24-15-12(16(25)22-18(24)26)23(2)14(21-15)10-7-6-8-11(27-3)13(10)28-17(19)20/h6-8,17H,4-5,9H2,1-3H3,(H,22,25,26). The van der Waals surface area contributed by atoms with Crippen molar-refractivity contribution in [2.45, 2.75) is 32.9 Å². The topological polar surface area (TPSA) is 91.1 Å². The molecule has 1 N–H and O–H groups in total. The molecule has 0 aliphatic rings. The largest absolute Gasteiger partial charge is 0.493 e. The van der Waals surface area contributed by atoms with Crippen LogP contribution >= 0.6 is 0 Å². The quantitative estimate of drug-likeness (QED) is 0.665. The minimum absolute atomic E-state index is 0.0992. The molecule has 2 aromatic heterocycles. The summed E-state index contributed by atoms with van der Waals surface area (Å²) in [6, 6.07) is 4.61. The van der Waals surface area contributed by atoms with Crippen LogP contribution in [0.15, 0.2) is 27.8 Å². The van der Waals surface area contributed by atoms with Crippen LogP contribution in [0.4, 0.5) is 8.78 Å². The van der Waals surface area contributed by atoms with Crippen LogP contribution < -0.4 is 20.7 Å². The smallest absolute Gasteiger partial charge is 0.387 e. The third-order valence-electron chi connectivity index (χ3n) is 4.40. The predicted octanol–water partition coefficient (Wildman–Crippen LogP) is 2.50. The molecule has 3 aromatic rings. The number of para-hydroxylation sites is 1. The molecule has 0 atom stereocenters. The first kappa shape index (κ1) is 19.6. The summed E-state index contributed by atoms with van der Waals surface area (Å²) in [7, 11) is 2.90. The second-order valence-corrected chi connectivity index (χ2v) is 6.15. The first-order chi connectivity index (χ1) is 13.4. The Morgan fingerprint density at radius 3 is 2.68 bits per heavy atom. The van der Waals surface area contributed by atoms with Gasteiger partial charge >= 0.3 is 12.3 Å². The van der Waals surface area contributed by atoms with E-state index in [1.54, 1.807) is 13.1 Å². The lowest BCUT2D eigenvalue weighted by Crippen LogP contribution is -2.31. The molecule has 0 unspecified atom stereocenters. The molecular weight excluding hydrogens is 374 g/mol. The van der Waals surface area contributed by atoms with Gasteiger partial charge in [0.2, 0.25) is 0 Å². The number of unbranched alkanes of at least 4 members (excludes halogenated alkanes) is 1. The van der Waals surface area contributed by atoms with Gasteiger partial charge in [0.25, 0.3) is 5.56 Å². The first-order valence-corrected chi connectivity index (χ1v) is 8.70. The number of benzene rings is 1. The van der Waals surface area contributed by atoms with Crippen molar-refractivity contribution in [3.8, 4) is 22.9 Å². The number of nitrogens with one attached hydrogen (secondary N) is 1. The molecule has 28 heavy (non-hydrogen) atoms. The monoisotopic (exact) mass is 394 g/mol. The van der Waals surface area contributed by atoms with Gasteiger partial charge in [-0.3, -0.25) is 14.3 Å². The van der Waals surface area contributed by atoms with Crippen molar-refractivity contribution in [1.82, 2.24) is 19.1 Å². The van der Waals surface area contributed by atoms with Crippen LogP contribution in [0.25, 0.3) is 22.6 Å². The van der Waals surface area contributed by atoms with E-state index < -0.39 is 17.9 Å². The molecule has 8 nitrogen and oxygen atoms in total. The van der Waals surface area contributed by atoms with Crippen molar-refractivity contribution in [3.05, 3.63) is 39.0 Å². The summed E-state index contributed by atoms with van der Waals surface area (Å²) in [4.78, 5) is 31.3. The van der Waals surface area contributed by atoms with Crippen molar-refractivity contribution < 1.29 is 18.3 Å². The molecule has 0 fully saturated rings. The molecular formula is C18H20F2N4O4. The number of ether oxygens (including phenoxy) is 2. The Kier molecular flexibility index (Phi) is 5.48. The van der Waals surface area contributed by atoms with E-state index in [-0.39, 0.29) is 34.1 Å². The van der Waals surface area contributed by atoms with Crippen molar-refractivity contribution in [2.75, 3.05) is 7.11 Å². The summed E-state index contributed by atoms with van der Waals surface area (Å²) in [5.74, 6) is 0.102. The number of aromatic nitrogens is 4. The third-order valence-corrected chi connectivity index (χ3v) is 4.40. The fourth-order valence-electron chi connectivity index (χ4n) is 3.07. The molecule has 1 aromatic carbocycles. The number of halogens is 2. The van der Waals surface area contributed by atoms with E-state index in [0.717, 1.165) is 6.42 Å². The number of fused-ring (bicyclic) bond motifs is 1. The van der Waals surface area contributed by atoms with Gasteiger partial charge in [0.15, 0.2) is 22.7 Å². The van der Waals surface area contributed by atoms with Gasteiger partial charge in [0, 0.05) is 13.6 Å². The van der Waals surface area contributed by atoms with Gasteiger partial charge in [-0.05, 0) is 18.6 Å². The number of hydrogen-bond donors (Lipinski definition) is 1. The summed E-state index contributed by atoms with van der Waals surface area (Å²) in [5.41, 5.74) is -0.604. The predicted molar refractivity (Wildman–Crippen MR) is 99.1 cm³/mol. The maximum Gasteiger partial charge on any atom is 0.387 e. The number of aromatic amines is 1. The first-order valence-electron chi connectivity index (χ1n) is 8.70. The van der Waals surface area contributed by atoms with Crippen molar-refractivity contribution >= 4 is 11.2 Å². The fourth-order valence-corrected chi connectivity index (χ4v) is 3.07. The van der Waals surface area contributed by atoms with Crippen LogP contribution in [0, 0.1) is 0 Å². The van der Waals surface area contributed by atoms with E-state index in [1.807, 2.05) is 6.92 Å². The average Bonchev–Trinajstić information content (AvgIpc) is 2.99. The van der Waals surface area contributed by atoms with Gasteiger partial charge in [0.05, 0.1) is 12.7 Å². The molecule has 150 valence electrons. The van der Waals surface area contributed by atoms with E-state index in [2.05, 4.69) is 14.7 Å². The van der Waals surface area contributed by atoms with Crippen LogP contribution in [-0.2, 0) is 13.6 Å². The Morgan fingerprint density at radius 1 is 1.29 bits per heavy atom. The Bertz CT molecular complexity index is 1120. The SMILES string of the molecule is CCCCn1c(=O)[nH]c(=O)c2c1nc(-c1cccc(OC)c1OC(F)F)n2C. The van der Waals surface area contributed by atoms with Crippen LogP contribution in [0.2, 0.25) is 0 Å².